The number of halogens is 1. The van der Waals surface area contributed by atoms with Crippen molar-refractivity contribution in [1.29, 1.82) is 0 Å². The quantitative estimate of drug-likeness (QED) is 0.264. The van der Waals surface area contributed by atoms with Crippen LogP contribution in [0.15, 0.2) is 71.6 Å². The lowest BCUT2D eigenvalue weighted by molar-refractivity contribution is -0.131. The Morgan fingerprint density at radius 1 is 1.10 bits per heavy atom. The number of aliphatic hydroxyl groups excluding tert-OH is 1. The van der Waals surface area contributed by atoms with Crippen molar-refractivity contribution in [2.45, 2.75) is 63.0 Å². The van der Waals surface area contributed by atoms with Crippen molar-refractivity contribution in [1.82, 2.24) is 9.29 Å². The number of nitrogens with zero attached hydrogens (tertiary/aromatic N) is 1. The molecule has 0 spiro atoms. The molecule has 1 fully saturated rings. The minimum absolute atomic E-state index is 0.0256. The smallest absolute Gasteiger partial charge is 0.240 e. The highest BCUT2D eigenvalue weighted by atomic mass is 32.2. The molecule has 1 amide bonds. The molecule has 1 aliphatic carbocycles. The van der Waals surface area contributed by atoms with Gasteiger partial charge in [0.2, 0.25) is 15.9 Å². The molecule has 9 heteroatoms. The summed E-state index contributed by atoms with van der Waals surface area (Å²) < 4.78 is 45.2. The second-order valence-corrected chi connectivity index (χ2v) is 13.0. The van der Waals surface area contributed by atoms with E-state index in [4.69, 9.17) is 5.73 Å². The largest absolute Gasteiger partial charge is 0.392 e. The Balaban J connectivity index is 1.35. The number of hydrogen-bond donors (Lipinski definition) is 3. The molecule has 0 unspecified atom stereocenters. The Morgan fingerprint density at radius 2 is 1.78 bits per heavy atom. The van der Waals surface area contributed by atoms with Gasteiger partial charge in [0.15, 0.2) is 0 Å². The maximum absolute atomic E-state index is 13.5. The molecule has 1 atom stereocenters. The lowest BCUT2D eigenvalue weighted by Gasteiger charge is -2.42. The molecule has 1 aromatic heterocycles. The summed E-state index contributed by atoms with van der Waals surface area (Å²) in [5.41, 5.74) is 10.5. The fourth-order valence-electron chi connectivity index (χ4n) is 6.35. The molecule has 216 valence electrons. The highest BCUT2D eigenvalue weighted by Gasteiger charge is 2.45. The van der Waals surface area contributed by atoms with Crippen molar-refractivity contribution in [2.24, 2.45) is 18.2 Å². The number of nitrogens with one attached hydrogen (secondary N) is 1. The summed E-state index contributed by atoms with van der Waals surface area (Å²) in [5.74, 6) is -0.985. The van der Waals surface area contributed by atoms with Crippen LogP contribution in [0.2, 0.25) is 0 Å². The van der Waals surface area contributed by atoms with Gasteiger partial charge >= 0.3 is 0 Å². The highest BCUT2D eigenvalue weighted by Crippen LogP contribution is 2.47. The average molecular weight is 578 g/mol. The van der Waals surface area contributed by atoms with Gasteiger partial charge in [0.1, 0.15) is 5.82 Å². The first-order valence-corrected chi connectivity index (χ1v) is 15.3. The van der Waals surface area contributed by atoms with Crippen LogP contribution in [0.3, 0.4) is 0 Å². The molecule has 0 saturated heterocycles. The van der Waals surface area contributed by atoms with Gasteiger partial charge < -0.3 is 15.4 Å². The van der Waals surface area contributed by atoms with Crippen LogP contribution in [0, 0.1) is 18.2 Å². The molecule has 7 nitrogen and oxygen atoms in total. The molecule has 1 saturated carbocycles. The van der Waals surface area contributed by atoms with Crippen LogP contribution in [0.1, 0.15) is 55.2 Å². The number of hydrogen-bond acceptors (Lipinski definition) is 4. The minimum Gasteiger partial charge on any atom is -0.392 e. The van der Waals surface area contributed by atoms with Crippen molar-refractivity contribution >= 4 is 26.8 Å². The average Bonchev–Trinajstić information content (AvgIpc) is 3.28. The Labute approximate surface area is 240 Å². The van der Waals surface area contributed by atoms with Gasteiger partial charge in [-0.1, -0.05) is 43.3 Å². The van der Waals surface area contributed by atoms with Gasteiger partial charge in [0.25, 0.3) is 0 Å². The van der Waals surface area contributed by atoms with Gasteiger partial charge in [-0.3, -0.25) is 4.79 Å². The third-order valence-electron chi connectivity index (χ3n) is 8.97. The molecule has 41 heavy (non-hydrogen) atoms. The maximum atomic E-state index is 13.5. The molecule has 5 rings (SSSR count). The minimum atomic E-state index is -3.82. The second-order valence-electron chi connectivity index (χ2n) is 11.3. The summed E-state index contributed by atoms with van der Waals surface area (Å²) in [7, 11) is -1.91. The SMILES string of the molecule is Cc1cc(CO)ccc1-c1cc2ccc(S(=O)(=O)NC3CCC(C(N)=O)([C@H](C)c4ccc(F)cc4)CC3)cc2n1C. The molecule has 4 N–H and O–H groups in total. The lowest BCUT2D eigenvalue weighted by Crippen LogP contribution is -2.48. The van der Waals surface area contributed by atoms with Gasteiger partial charge in [-0.15, -0.1) is 0 Å². The van der Waals surface area contributed by atoms with Gasteiger partial charge in [0.05, 0.1) is 16.9 Å². The predicted octanol–water partition coefficient (Wildman–Crippen LogP) is 5.28. The Kier molecular flexibility index (Phi) is 7.80. The lowest BCUT2D eigenvalue weighted by atomic mass is 9.63. The summed E-state index contributed by atoms with van der Waals surface area (Å²) in [4.78, 5) is 12.9. The van der Waals surface area contributed by atoms with Crippen molar-refractivity contribution in [3.63, 3.8) is 0 Å². The third-order valence-corrected chi connectivity index (χ3v) is 10.5. The van der Waals surface area contributed by atoms with E-state index in [-0.39, 0.29) is 29.3 Å². The van der Waals surface area contributed by atoms with Gasteiger partial charge in [-0.05, 0) is 85.5 Å². The number of nitrogens with two attached hydrogens (primary N) is 1. The van der Waals surface area contributed by atoms with Crippen LogP contribution >= 0.6 is 0 Å². The molecule has 1 heterocycles. The van der Waals surface area contributed by atoms with E-state index >= 15 is 0 Å². The molecule has 4 aromatic rings. The number of fused-ring (bicyclic) bond motifs is 1. The van der Waals surface area contributed by atoms with Crippen molar-refractivity contribution in [3.8, 4) is 11.3 Å². The normalized spacial score (nSPS) is 20.3. The summed E-state index contributed by atoms with van der Waals surface area (Å²) in [5, 5.41) is 10.4. The predicted molar refractivity (Wildman–Crippen MR) is 158 cm³/mol. The first kappa shape index (κ1) is 29.0. The number of amides is 1. The molecule has 0 radical (unpaired) electrons. The number of carbonyl (C=O) groups is 1. The number of aliphatic hydroxyl groups is 1. The Bertz CT molecular complexity index is 1710. The van der Waals surface area contributed by atoms with Crippen LogP contribution < -0.4 is 10.5 Å². The van der Waals surface area contributed by atoms with E-state index in [1.54, 1.807) is 24.3 Å². The van der Waals surface area contributed by atoms with Crippen LogP contribution in [0.25, 0.3) is 22.2 Å². The van der Waals surface area contributed by atoms with Crippen LogP contribution in [-0.2, 0) is 28.5 Å². The Hall–Kier alpha value is -3.53. The summed E-state index contributed by atoms with van der Waals surface area (Å²) >= 11 is 0. The number of aryl methyl sites for hydroxylation is 2. The van der Waals surface area contributed by atoms with E-state index in [9.17, 15) is 22.7 Å². The summed E-state index contributed by atoms with van der Waals surface area (Å²) in [6.45, 7) is 3.89. The molecule has 0 aliphatic heterocycles. The van der Waals surface area contributed by atoms with E-state index in [0.29, 0.717) is 25.7 Å². The summed E-state index contributed by atoms with van der Waals surface area (Å²) in [6.07, 6.45) is 1.80. The van der Waals surface area contributed by atoms with Crippen molar-refractivity contribution in [2.75, 3.05) is 0 Å². The monoisotopic (exact) mass is 577 g/mol. The fraction of sp³-hybridized carbons (Fsp3) is 0.344. The molecular formula is C32H36FN3O4S. The number of sulfonamides is 1. The number of rotatable bonds is 8. The van der Waals surface area contributed by atoms with E-state index < -0.39 is 21.3 Å². The molecule has 0 bridgehead atoms. The summed E-state index contributed by atoms with van der Waals surface area (Å²) in [6, 6.07) is 18.7. The van der Waals surface area contributed by atoms with Crippen LogP contribution in [0.4, 0.5) is 4.39 Å². The van der Waals surface area contributed by atoms with E-state index in [1.807, 2.05) is 55.8 Å². The van der Waals surface area contributed by atoms with Gasteiger partial charge in [-0.25, -0.2) is 17.5 Å². The highest BCUT2D eigenvalue weighted by molar-refractivity contribution is 7.89. The van der Waals surface area contributed by atoms with E-state index in [1.165, 1.54) is 12.1 Å². The zero-order valence-electron chi connectivity index (χ0n) is 23.5. The zero-order chi connectivity index (χ0) is 29.5. The first-order chi connectivity index (χ1) is 19.4. The number of primary amides is 1. The van der Waals surface area contributed by atoms with E-state index in [0.717, 1.165) is 38.9 Å². The van der Waals surface area contributed by atoms with E-state index in [2.05, 4.69) is 4.72 Å². The number of carbonyl (C=O) groups excluding carboxylic acids is 1. The second kappa shape index (κ2) is 11.0. The van der Waals surface area contributed by atoms with Crippen molar-refractivity contribution in [3.05, 3.63) is 89.2 Å². The van der Waals surface area contributed by atoms with Crippen LogP contribution in [-0.4, -0.2) is 30.0 Å². The molecular weight excluding hydrogens is 541 g/mol. The van der Waals surface area contributed by atoms with Gasteiger partial charge in [0, 0.05) is 35.2 Å². The molecule has 3 aromatic carbocycles. The fourth-order valence-corrected chi connectivity index (χ4v) is 7.67. The number of benzene rings is 3. The molecule has 1 aliphatic rings. The third kappa shape index (κ3) is 5.41. The Morgan fingerprint density at radius 3 is 2.39 bits per heavy atom. The van der Waals surface area contributed by atoms with Crippen molar-refractivity contribution < 1.29 is 22.7 Å². The zero-order valence-corrected chi connectivity index (χ0v) is 24.3. The van der Waals surface area contributed by atoms with Gasteiger partial charge in [-0.2, -0.15) is 0 Å². The van der Waals surface area contributed by atoms with Crippen LogP contribution in [0.5, 0.6) is 0 Å². The first-order valence-electron chi connectivity index (χ1n) is 13.8. The standard InChI is InChI=1S/C32H36FN3O4S/c1-20-16-22(19-37)4-11-28(20)30-17-24-7-10-27(18-29(24)36(30)3)41(39,40)35-26-12-14-32(15-13-26,31(34)38)21(2)23-5-8-25(33)9-6-23/h4-11,16-18,21,26,35,37H,12-15,19H2,1-3H3,(H2,34,38)/t21-,26?,32?/m1/s1. The topological polar surface area (TPSA) is 114 Å². The number of aromatic nitrogens is 1. The maximum Gasteiger partial charge on any atom is 0.240 e.